The maximum Gasteiger partial charge on any atom is 0.339 e. The smallest absolute Gasteiger partial charge is 0.339 e. The molecule has 4 rings (SSSR count). The van der Waals surface area contributed by atoms with E-state index in [1.807, 2.05) is 0 Å². The van der Waals surface area contributed by atoms with Crippen molar-refractivity contribution >= 4 is 17.6 Å². The minimum Gasteiger partial charge on any atom is -0.493 e. The first-order valence-electron chi connectivity index (χ1n) is 9.19. The van der Waals surface area contributed by atoms with Gasteiger partial charge in [0.05, 0.1) is 25.6 Å². The average molecular weight is 410 g/mol. The molecule has 0 radical (unpaired) electrons. The van der Waals surface area contributed by atoms with Crippen LogP contribution in [0.1, 0.15) is 34.0 Å². The number of benzene rings is 2. The summed E-state index contributed by atoms with van der Waals surface area (Å²) in [6.07, 6.45) is 1.50. The molecule has 1 unspecified atom stereocenters. The second-order valence-corrected chi connectivity index (χ2v) is 6.88. The van der Waals surface area contributed by atoms with E-state index in [9.17, 15) is 19.1 Å². The minimum absolute atomic E-state index is 0.0622. The van der Waals surface area contributed by atoms with Crippen molar-refractivity contribution in [3.05, 3.63) is 71.3 Å². The molecule has 0 bridgehead atoms. The van der Waals surface area contributed by atoms with Gasteiger partial charge in [0, 0.05) is 24.2 Å². The van der Waals surface area contributed by atoms with Gasteiger partial charge in [-0.1, -0.05) is 12.1 Å². The van der Waals surface area contributed by atoms with Crippen LogP contribution in [0, 0.1) is 5.82 Å². The average Bonchev–Trinajstić information content (AvgIpc) is 3.12. The maximum absolute atomic E-state index is 13.9. The van der Waals surface area contributed by atoms with E-state index in [1.54, 1.807) is 34.9 Å². The molecule has 0 spiro atoms. The minimum atomic E-state index is -1.19. The summed E-state index contributed by atoms with van der Waals surface area (Å²) < 4.78 is 26.2. The quantitative estimate of drug-likeness (QED) is 0.668. The number of ether oxygens (including phenoxy) is 2. The third-order valence-corrected chi connectivity index (χ3v) is 5.15. The molecule has 1 aliphatic rings. The number of halogens is 1. The van der Waals surface area contributed by atoms with Gasteiger partial charge in [0.25, 0.3) is 0 Å². The monoisotopic (exact) mass is 410 g/mol. The van der Waals surface area contributed by atoms with Crippen LogP contribution >= 0.6 is 0 Å². The molecule has 30 heavy (non-hydrogen) atoms. The van der Waals surface area contributed by atoms with Crippen molar-refractivity contribution in [3.63, 3.8) is 0 Å². The molecule has 0 fully saturated rings. The molecular formula is C22H19FN2O5. The molecule has 1 amide bonds. The van der Waals surface area contributed by atoms with Gasteiger partial charge in [-0.05, 0) is 35.9 Å². The number of hydrogen-bond donors (Lipinski definition) is 2. The van der Waals surface area contributed by atoms with Crippen molar-refractivity contribution in [2.24, 2.45) is 0 Å². The summed E-state index contributed by atoms with van der Waals surface area (Å²) in [5.41, 5.74) is 1.91. The highest BCUT2D eigenvalue weighted by atomic mass is 19.1. The molecule has 1 atom stereocenters. The topological polar surface area (TPSA) is 89.8 Å². The molecule has 7 nitrogen and oxygen atoms in total. The number of rotatable bonds is 5. The van der Waals surface area contributed by atoms with Crippen LogP contribution in [-0.2, 0) is 4.79 Å². The van der Waals surface area contributed by atoms with Crippen LogP contribution in [0.5, 0.6) is 11.5 Å². The Morgan fingerprint density at radius 3 is 2.60 bits per heavy atom. The summed E-state index contributed by atoms with van der Waals surface area (Å²) in [7, 11) is 3.04. The Morgan fingerprint density at radius 2 is 1.93 bits per heavy atom. The van der Waals surface area contributed by atoms with Crippen LogP contribution in [0.15, 0.2) is 48.7 Å². The lowest BCUT2D eigenvalue weighted by Crippen LogP contribution is -2.25. The molecular weight excluding hydrogens is 391 g/mol. The van der Waals surface area contributed by atoms with Gasteiger partial charge in [-0.2, -0.15) is 0 Å². The van der Waals surface area contributed by atoms with E-state index in [1.165, 1.54) is 32.5 Å². The lowest BCUT2D eigenvalue weighted by molar-refractivity contribution is -0.116. The Hall–Kier alpha value is -3.81. The first kappa shape index (κ1) is 19.5. The molecule has 2 aromatic carbocycles. The van der Waals surface area contributed by atoms with Crippen molar-refractivity contribution in [1.29, 1.82) is 0 Å². The highest BCUT2D eigenvalue weighted by molar-refractivity contribution is 6.04. The highest BCUT2D eigenvalue weighted by Gasteiger charge is 2.34. The Morgan fingerprint density at radius 1 is 1.17 bits per heavy atom. The van der Waals surface area contributed by atoms with E-state index in [4.69, 9.17) is 9.47 Å². The molecule has 154 valence electrons. The summed E-state index contributed by atoms with van der Waals surface area (Å²) in [6.45, 7) is 0. The van der Waals surface area contributed by atoms with E-state index in [0.29, 0.717) is 22.9 Å². The fourth-order valence-corrected chi connectivity index (χ4v) is 3.81. The first-order valence-corrected chi connectivity index (χ1v) is 9.19. The lowest BCUT2D eigenvalue weighted by Gasteiger charge is -2.26. The van der Waals surface area contributed by atoms with E-state index < -0.39 is 17.7 Å². The number of nitrogens with one attached hydrogen (secondary N) is 1. The normalized spacial score (nSPS) is 15.3. The second-order valence-electron chi connectivity index (χ2n) is 6.88. The zero-order chi connectivity index (χ0) is 21.4. The number of aromatic nitrogens is 1. The number of carboxylic acid groups (broad SMARTS) is 1. The van der Waals surface area contributed by atoms with Gasteiger partial charge in [-0.25, -0.2) is 9.18 Å². The number of carboxylic acids is 1. The number of anilines is 1. The Balaban J connectivity index is 1.95. The Kier molecular flexibility index (Phi) is 4.91. The second kappa shape index (κ2) is 7.55. The number of aromatic carboxylic acids is 1. The van der Waals surface area contributed by atoms with Gasteiger partial charge in [0.2, 0.25) is 5.91 Å². The van der Waals surface area contributed by atoms with E-state index in [0.717, 1.165) is 5.56 Å². The van der Waals surface area contributed by atoms with Gasteiger partial charge in [0.15, 0.2) is 11.5 Å². The van der Waals surface area contributed by atoms with Crippen molar-refractivity contribution < 1.29 is 28.6 Å². The lowest BCUT2D eigenvalue weighted by atomic mass is 9.88. The molecule has 8 heteroatoms. The van der Waals surface area contributed by atoms with E-state index >= 15 is 0 Å². The molecule has 0 aliphatic carbocycles. The number of nitrogens with zero attached hydrogens (tertiary/aromatic N) is 1. The molecule has 2 N–H and O–H groups in total. The molecule has 2 heterocycles. The molecule has 1 aromatic heterocycles. The van der Waals surface area contributed by atoms with Gasteiger partial charge < -0.3 is 24.5 Å². The number of amides is 1. The highest BCUT2D eigenvalue weighted by Crippen LogP contribution is 2.43. The number of hydrogen-bond acceptors (Lipinski definition) is 4. The SMILES string of the molecule is COc1ccc(C2CC(=O)Nc3c(C(=O)O)cn(-c4cccc(F)c4)c32)cc1OC. The van der Waals surface area contributed by atoms with Crippen LogP contribution in [-0.4, -0.2) is 35.8 Å². The predicted molar refractivity (Wildman–Crippen MR) is 107 cm³/mol. The van der Waals surface area contributed by atoms with Crippen LogP contribution < -0.4 is 14.8 Å². The summed E-state index contributed by atoms with van der Waals surface area (Å²) in [5, 5.41) is 12.3. The van der Waals surface area contributed by atoms with Gasteiger partial charge in [-0.3, -0.25) is 4.79 Å². The van der Waals surface area contributed by atoms with Crippen LogP contribution in [0.2, 0.25) is 0 Å². The Labute approximate surface area is 171 Å². The number of fused-ring (bicyclic) bond motifs is 1. The van der Waals surface area contributed by atoms with Gasteiger partial charge in [0.1, 0.15) is 11.4 Å². The molecule has 3 aromatic rings. The fourth-order valence-electron chi connectivity index (χ4n) is 3.81. The Bertz CT molecular complexity index is 1150. The van der Waals surface area contributed by atoms with Crippen molar-refractivity contribution in [2.75, 3.05) is 19.5 Å². The zero-order valence-electron chi connectivity index (χ0n) is 16.3. The van der Waals surface area contributed by atoms with Crippen molar-refractivity contribution in [1.82, 2.24) is 4.57 Å². The summed E-state index contributed by atoms with van der Waals surface area (Å²) >= 11 is 0. The van der Waals surface area contributed by atoms with Gasteiger partial charge in [-0.15, -0.1) is 0 Å². The third kappa shape index (κ3) is 3.26. The van der Waals surface area contributed by atoms with E-state index in [2.05, 4.69) is 5.32 Å². The summed E-state index contributed by atoms with van der Waals surface area (Å²) in [6, 6.07) is 11.1. The summed E-state index contributed by atoms with van der Waals surface area (Å²) in [5.74, 6) is -1.38. The largest absolute Gasteiger partial charge is 0.493 e. The molecule has 1 aliphatic heterocycles. The first-order chi connectivity index (χ1) is 14.4. The maximum atomic E-state index is 13.9. The van der Waals surface area contributed by atoms with Crippen molar-refractivity contribution in [2.45, 2.75) is 12.3 Å². The van der Waals surface area contributed by atoms with Crippen LogP contribution in [0.4, 0.5) is 10.1 Å². The molecule has 0 saturated carbocycles. The van der Waals surface area contributed by atoms with Crippen LogP contribution in [0.3, 0.4) is 0 Å². The number of carbonyl (C=O) groups excluding carboxylic acids is 1. The predicted octanol–water partition coefficient (Wildman–Crippen LogP) is 3.81. The molecule has 0 saturated heterocycles. The number of carbonyl (C=O) groups is 2. The fraction of sp³-hybridized carbons (Fsp3) is 0.182. The van der Waals surface area contributed by atoms with E-state index in [-0.39, 0.29) is 23.6 Å². The summed E-state index contributed by atoms with van der Waals surface area (Å²) in [4.78, 5) is 24.3. The van der Waals surface area contributed by atoms with Crippen molar-refractivity contribution in [3.8, 4) is 17.2 Å². The zero-order valence-corrected chi connectivity index (χ0v) is 16.3. The van der Waals surface area contributed by atoms with Gasteiger partial charge >= 0.3 is 5.97 Å². The third-order valence-electron chi connectivity index (χ3n) is 5.15. The number of methoxy groups -OCH3 is 2. The standard InChI is InChI=1S/C22H19FN2O5/c1-29-17-7-6-12(8-18(17)30-2)15-10-19(26)24-20-16(22(27)28)11-25(21(15)20)14-5-3-4-13(23)9-14/h3-9,11,15H,10H2,1-2H3,(H,24,26)(H,27,28). The van der Waals surface area contributed by atoms with Crippen LogP contribution in [0.25, 0.3) is 5.69 Å².